The Morgan fingerprint density at radius 2 is 1.72 bits per heavy atom. The molecule has 0 spiro atoms. The second-order valence-electron chi connectivity index (χ2n) is 6.98. The van der Waals surface area contributed by atoms with E-state index in [2.05, 4.69) is 33.0 Å². The van der Waals surface area contributed by atoms with Gasteiger partial charge in [-0.05, 0) is 56.0 Å². The molecule has 0 aliphatic heterocycles. The Hall–Kier alpha value is -0.0400. The molecule has 0 radical (unpaired) electrons. The molecule has 0 aromatic carbocycles. The van der Waals surface area contributed by atoms with Crippen molar-refractivity contribution < 1.29 is 0 Å². The molecule has 2 unspecified atom stereocenters. The molecule has 18 heavy (non-hydrogen) atoms. The highest BCUT2D eigenvalue weighted by Gasteiger charge is 2.26. The topological polar surface area (TPSA) is 12.0 Å². The fourth-order valence-electron chi connectivity index (χ4n) is 3.75. The van der Waals surface area contributed by atoms with E-state index in [4.69, 9.17) is 0 Å². The van der Waals surface area contributed by atoms with Gasteiger partial charge >= 0.3 is 0 Å². The summed E-state index contributed by atoms with van der Waals surface area (Å²) in [5.41, 5.74) is 0. The minimum Gasteiger partial charge on any atom is -0.316 e. The van der Waals surface area contributed by atoms with Crippen molar-refractivity contribution in [3.63, 3.8) is 0 Å². The minimum absolute atomic E-state index is 0.854. The molecular weight excluding hydrogens is 218 g/mol. The summed E-state index contributed by atoms with van der Waals surface area (Å²) in [7, 11) is 0. The zero-order chi connectivity index (χ0) is 13.4. The van der Waals surface area contributed by atoms with Crippen LogP contribution >= 0.6 is 0 Å². The smallest absolute Gasteiger partial charge is 0.00178 e. The van der Waals surface area contributed by atoms with E-state index in [1.807, 2.05) is 0 Å². The summed E-state index contributed by atoms with van der Waals surface area (Å²) >= 11 is 0. The van der Waals surface area contributed by atoms with Crippen LogP contribution in [0.4, 0.5) is 0 Å². The van der Waals surface area contributed by atoms with E-state index < -0.39 is 0 Å². The average molecular weight is 253 g/mol. The van der Waals surface area contributed by atoms with Gasteiger partial charge in [0.2, 0.25) is 0 Å². The molecule has 108 valence electrons. The molecule has 1 heteroatoms. The Labute approximate surface area is 115 Å². The van der Waals surface area contributed by atoms with Crippen LogP contribution in [-0.2, 0) is 0 Å². The van der Waals surface area contributed by atoms with Gasteiger partial charge in [-0.2, -0.15) is 0 Å². The van der Waals surface area contributed by atoms with E-state index in [1.54, 1.807) is 0 Å². The van der Waals surface area contributed by atoms with Crippen LogP contribution in [0.5, 0.6) is 0 Å². The summed E-state index contributed by atoms with van der Waals surface area (Å²) in [6.07, 6.45) is 10.1. The van der Waals surface area contributed by atoms with Crippen molar-refractivity contribution in [2.75, 3.05) is 13.1 Å². The molecule has 0 saturated heterocycles. The number of hydrogen-bond acceptors (Lipinski definition) is 1. The normalized spacial score (nSPS) is 20.5. The SMILES string of the molecule is CCCNCC(CC(C)CC(C)C)C1CCCC1. The maximum atomic E-state index is 3.67. The summed E-state index contributed by atoms with van der Waals surface area (Å²) in [4.78, 5) is 0. The first-order valence-corrected chi connectivity index (χ1v) is 8.34. The molecule has 1 aliphatic rings. The molecule has 1 aliphatic carbocycles. The third-order valence-electron chi connectivity index (χ3n) is 4.48. The molecule has 1 saturated carbocycles. The van der Waals surface area contributed by atoms with Crippen molar-refractivity contribution in [2.45, 2.75) is 72.6 Å². The lowest BCUT2D eigenvalue weighted by atomic mass is 9.81. The van der Waals surface area contributed by atoms with E-state index in [0.717, 1.165) is 23.7 Å². The molecule has 0 amide bonds. The van der Waals surface area contributed by atoms with Gasteiger partial charge in [0.1, 0.15) is 0 Å². The summed E-state index contributed by atoms with van der Waals surface area (Å²) < 4.78 is 0. The van der Waals surface area contributed by atoms with Crippen LogP contribution in [0.15, 0.2) is 0 Å². The van der Waals surface area contributed by atoms with Crippen molar-refractivity contribution in [2.24, 2.45) is 23.7 Å². The van der Waals surface area contributed by atoms with Gasteiger partial charge in [-0.3, -0.25) is 0 Å². The van der Waals surface area contributed by atoms with Gasteiger partial charge < -0.3 is 5.32 Å². The highest BCUT2D eigenvalue weighted by Crippen LogP contribution is 2.35. The fraction of sp³-hybridized carbons (Fsp3) is 1.00. The van der Waals surface area contributed by atoms with E-state index in [9.17, 15) is 0 Å². The standard InChI is InChI=1S/C17H35N/c1-5-10-18-13-17(16-8-6-7-9-16)12-15(4)11-14(2)3/h14-18H,5-13H2,1-4H3. The van der Waals surface area contributed by atoms with Gasteiger partial charge in [-0.25, -0.2) is 0 Å². The summed E-state index contributed by atoms with van der Waals surface area (Å²) in [5.74, 6) is 3.71. The maximum Gasteiger partial charge on any atom is -0.00178 e. The van der Waals surface area contributed by atoms with Crippen molar-refractivity contribution in [1.82, 2.24) is 5.32 Å². The largest absolute Gasteiger partial charge is 0.316 e. The monoisotopic (exact) mass is 253 g/mol. The minimum atomic E-state index is 0.854. The van der Waals surface area contributed by atoms with Crippen LogP contribution < -0.4 is 5.32 Å². The van der Waals surface area contributed by atoms with E-state index in [-0.39, 0.29) is 0 Å². The molecule has 1 nitrogen and oxygen atoms in total. The van der Waals surface area contributed by atoms with Gasteiger partial charge in [-0.1, -0.05) is 53.4 Å². The van der Waals surface area contributed by atoms with Gasteiger partial charge in [0.25, 0.3) is 0 Å². The van der Waals surface area contributed by atoms with Crippen LogP contribution in [0, 0.1) is 23.7 Å². The quantitative estimate of drug-likeness (QED) is 0.578. The third-order valence-corrected chi connectivity index (χ3v) is 4.48. The van der Waals surface area contributed by atoms with Crippen molar-refractivity contribution >= 4 is 0 Å². The van der Waals surface area contributed by atoms with Crippen LogP contribution in [-0.4, -0.2) is 13.1 Å². The van der Waals surface area contributed by atoms with Gasteiger partial charge in [0.05, 0.1) is 0 Å². The molecule has 1 fully saturated rings. The van der Waals surface area contributed by atoms with Crippen molar-refractivity contribution in [1.29, 1.82) is 0 Å². The zero-order valence-electron chi connectivity index (χ0n) is 13.2. The molecule has 0 heterocycles. The first kappa shape index (κ1) is 16.0. The Morgan fingerprint density at radius 1 is 1.06 bits per heavy atom. The Morgan fingerprint density at radius 3 is 2.28 bits per heavy atom. The number of hydrogen-bond donors (Lipinski definition) is 1. The molecule has 2 atom stereocenters. The molecule has 0 bridgehead atoms. The first-order chi connectivity index (χ1) is 8.63. The fourth-order valence-corrected chi connectivity index (χ4v) is 3.75. The van der Waals surface area contributed by atoms with Crippen LogP contribution in [0.2, 0.25) is 0 Å². The molecule has 0 aromatic rings. The summed E-state index contributed by atoms with van der Waals surface area (Å²) in [6.45, 7) is 11.9. The predicted octanol–water partition coefficient (Wildman–Crippen LogP) is 4.86. The summed E-state index contributed by atoms with van der Waals surface area (Å²) in [5, 5.41) is 3.67. The third kappa shape index (κ3) is 6.22. The lowest BCUT2D eigenvalue weighted by Crippen LogP contribution is -2.29. The lowest BCUT2D eigenvalue weighted by Gasteiger charge is -2.27. The van der Waals surface area contributed by atoms with Crippen molar-refractivity contribution in [3.05, 3.63) is 0 Å². The number of rotatable bonds is 9. The van der Waals surface area contributed by atoms with E-state index in [0.29, 0.717) is 0 Å². The van der Waals surface area contributed by atoms with E-state index in [1.165, 1.54) is 58.0 Å². The zero-order valence-corrected chi connectivity index (χ0v) is 13.2. The molecular formula is C17H35N. The first-order valence-electron chi connectivity index (χ1n) is 8.34. The Bertz CT molecular complexity index is 194. The molecule has 0 aromatic heterocycles. The van der Waals surface area contributed by atoms with Crippen molar-refractivity contribution in [3.8, 4) is 0 Å². The average Bonchev–Trinajstić information content (AvgIpc) is 2.80. The Kier molecular flexibility index (Phi) is 7.97. The maximum absolute atomic E-state index is 3.67. The van der Waals surface area contributed by atoms with Crippen LogP contribution in [0.1, 0.15) is 72.6 Å². The highest BCUT2D eigenvalue weighted by atomic mass is 14.9. The van der Waals surface area contributed by atoms with E-state index >= 15 is 0 Å². The van der Waals surface area contributed by atoms with Gasteiger partial charge in [0, 0.05) is 0 Å². The van der Waals surface area contributed by atoms with Crippen LogP contribution in [0.3, 0.4) is 0 Å². The van der Waals surface area contributed by atoms with Crippen LogP contribution in [0.25, 0.3) is 0 Å². The second kappa shape index (κ2) is 8.96. The predicted molar refractivity (Wildman–Crippen MR) is 81.8 cm³/mol. The number of nitrogens with one attached hydrogen (secondary N) is 1. The van der Waals surface area contributed by atoms with Gasteiger partial charge in [-0.15, -0.1) is 0 Å². The summed E-state index contributed by atoms with van der Waals surface area (Å²) in [6, 6.07) is 0. The lowest BCUT2D eigenvalue weighted by molar-refractivity contribution is 0.251. The molecule has 1 N–H and O–H groups in total. The second-order valence-corrected chi connectivity index (χ2v) is 6.98. The van der Waals surface area contributed by atoms with Gasteiger partial charge in [0.15, 0.2) is 0 Å². The highest BCUT2D eigenvalue weighted by molar-refractivity contribution is 4.78. The molecule has 1 rings (SSSR count). The Balaban J connectivity index is 2.37.